The summed E-state index contributed by atoms with van der Waals surface area (Å²) in [7, 11) is 0. The molecule has 0 unspecified atom stereocenters. The van der Waals surface area contributed by atoms with Gasteiger partial charge in [0, 0.05) is 43.8 Å². The Morgan fingerprint density at radius 3 is 2.29 bits per heavy atom. The third-order valence-corrected chi connectivity index (χ3v) is 8.90. The molecule has 42 heavy (non-hydrogen) atoms. The number of carbonyl (C=O) groups excluding carboxylic acids is 1. The highest BCUT2D eigenvalue weighted by molar-refractivity contribution is 5.86. The van der Waals surface area contributed by atoms with Crippen molar-refractivity contribution in [3.63, 3.8) is 0 Å². The predicted octanol–water partition coefficient (Wildman–Crippen LogP) is 5.30. The summed E-state index contributed by atoms with van der Waals surface area (Å²) in [6.45, 7) is 2.08. The molecular weight excluding hydrogens is 573 g/mol. The van der Waals surface area contributed by atoms with Gasteiger partial charge in [-0.1, -0.05) is 43.2 Å². The van der Waals surface area contributed by atoms with Crippen LogP contribution >= 0.6 is 24.8 Å². The topological polar surface area (TPSA) is 126 Å². The van der Waals surface area contributed by atoms with Crippen LogP contribution in [0, 0.1) is 0 Å². The number of nitrogens with zero attached hydrogens (tertiary/aromatic N) is 5. The molecule has 0 bridgehead atoms. The number of likely N-dealkylation sites (tertiary alicyclic amines) is 1. The van der Waals surface area contributed by atoms with E-state index < -0.39 is 0 Å². The van der Waals surface area contributed by atoms with Gasteiger partial charge in [0.25, 0.3) is 0 Å². The molecule has 10 nitrogen and oxygen atoms in total. The molecule has 230 valence electrons. The van der Waals surface area contributed by atoms with Gasteiger partial charge in [-0.15, -0.1) is 24.8 Å². The number of rotatable bonds is 8. The van der Waals surface area contributed by atoms with Crippen molar-refractivity contribution >= 4 is 53.8 Å². The molecule has 6 rings (SSSR count). The van der Waals surface area contributed by atoms with Crippen LogP contribution in [-0.2, 0) is 6.42 Å². The van der Waals surface area contributed by atoms with Crippen LogP contribution in [0.3, 0.4) is 0 Å². The molecule has 2 saturated carbocycles. The van der Waals surface area contributed by atoms with E-state index in [2.05, 4.69) is 32.7 Å². The smallest absolute Gasteiger partial charge is 0.317 e. The number of imidazole rings is 1. The van der Waals surface area contributed by atoms with Gasteiger partial charge in [-0.2, -0.15) is 9.97 Å². The Morgan fingerprint density at radius 1 is 0.881 bits per heavy atom. The van der Waals surface area contributed by atoms with E-state index in [0.717, 1.165) is 61.9 Å². The molecule has 5 N–H and O–H groups in total. The van der Waals surface area contributed by atoms with Crippen molar-refractivity contribution in [3.8, 4) is 0 Å². The van der Waals surface area contributed by atoms with Crippen molar-refractivity contribution in [2.75, 3.05) is 30.3 Å². The number of aromatic nitrogens is 4. The van der Waals surface area contributed by atoms with Crippen molar-refractivity contribution in [1.82, 2.24) is 29.7 Å². The maximum absolute atomic E-state index is 12.8. The lowest BCUT2D eigenvalue weighted by Gasteiger charge is -2.32. The zero-order chi connectivity index (χ0) is 27.3. The van der Waals surface area contributed by atoms with Crippen LogP contribution in [0.5, 0.6) is 0 Å². The minimum atomic E-state index is 0. The number of anilines is 2. The summed E-state index contributed by atoms with van der Waals surface area (Å²) < 4.78 is 2.26. The second-order valence-corrected chi connectivity index (χ2v) is 11.8. The summed E-state index contributed by atoms with van der Waals surface area (Å²) in [6.07, 6.45) is 13.5. The number of halogens is 2. The SMILES string of the molecule is Cl.Cl.NC1CCC(Nc2nc(NC3CCN(C(=O)NCCc4ccccc4)CC3)c3ncn(C4CCCC4)c3n2)CC1. The van der Waals surface area contributed by atoms with Gasteiger partial charge in [-0.05, 0) is 63.4 Å². The van der Waals surface area contributed by atoms with E-state index in [4.69, 9.17) is 20.7 Å². The standard InChI is InChI=1S/C30H43N9O.2ClH/c31-22-10-12-23(13-11-22)35-29-36-27(26-28(37-29)39(20-33-26)25-8-4-5-9-25)34-24-15-18-38(19-16-24)30(40)32-17-14-21-6-2-1-3-7-21;;/h1-3,6-7,20,22-25H,4-5,8-19,31H2,(H,32,40)(H2,34,35,36,37);2*1H. The molecule has 0 spiro atoms. The molecule has 1 aromatic carbocycles. The molecule has 1 saturated heterocycles. The summed E-state index contributed by atoms with van der Waals surface area (Å²) >= 11 is 0. The van der Waals surface area contributed by atoms with Gasteiger partial charge in [0.2, 0.25) is 5.95 Å². The molecule has 0 atom stereocenters. The Labute approximate surface area is 260 Å². The van der Waals surface area contributed by atoms with Gasteiger partial charge in [0.05, 0.1) is 6.33 Å². The van der Waals surface area contributed by atoms with E-state index in [-0.39, 0.29) is 36.9 Å². The fourth-order valence-electron chi connectivity index (χ4n) is 6.47. The van der Waals surface area contributed by atoms with Crippen LogP contribution in [0.1, 0.15) is 75.8 Å². The number of nitrogens with two attached hydrogens (primary N) is 1. The van der Waals surface area contributed by atoms with Gasteiger partial charge in [-0.3, -0.25) is 0 Å². The van der Waals surface area contributed by atoms with E-state index in [9.17, 15) is 4.79 Å². The van der Waals surface area contributed by atoms with E-state index in [1.165, 1.54) is 31.2 Å². The average Bonchev–Trinajstić information content (AvgIpc) is 3.66. The van der Waals surface area contributed by atoms with Crippen molar-refractivity contribution < 1.29 is 4.79 Å². The molecule has 3 fully saturated rings. The number of amides is 2. The third kappa shape index (κ3) is 7.76. The molecule has 0 radical (unpaired) electrons. The van der Waals surface area contributed by atoms with Gasteiger partial charge in [-0.25, -0.2) is 9.78 Å². The Kier molecular flexibility index (Phi) is 11.5. The summed E-state index contributed by atoms with van der Waals surface area (Å²) in [5, 5.41) is 10.4. The number of piperidine rings is 1. The lowest BCUT2D eigenvalue weighted by atomic mass is 9.92. The first kappa shape index (κ1) is 32.1. The molecule has 2 amide bonds. The Balaban J connectivity index is 0.00000202. The van der Waals surface area contributed by atoms with Crippen molar-refractivity contribution in [1.29, 1.82) is 0 Å². The minimum absolute atomic E-state index is 0. The van der Waals surface area contributed by atoms with Gasteiger partial charge >= 0.3 is 6.03 Å². The molecule has 2 aromatic heterocycles. The highest BCUT2D eigenvalue weighted by Gasteiger charge is 2.27. The number of carbonyl (C=O) groups is 1. The average molecular weight is 619 g/mol. The first-order valence-electron chi connectivity index (χ1n) is 15.2. The molecule has 12 heteroatoms. The normalized spacial score (nSPS) is 21.4. The fourth-order valence-corrected chi connectivity index (χ4v) is 6.47. The zero-order valence-electron chi connectivity index (χ0n) is 24.2. The van der Waals surface area contributed by atoms with E-state index in [1.54, 1.807) is 0 Å². The lowest BCUT2D eigenvalue weighted by molar-refractivity contribution is 0.184. The second kappa shape index (κ2) is 15.1. The highest BCUT2D eigenvalue weighted by atomic mass is 35.5. The quantitative estimate of drug-likeness (QED) is 0.270. The zero-order valence-corrected chi connectivity index (χ0v) is 25.8. The summed E-state index contributed by atoms with van der Waals surface area (Å²) in [5.41, 5.74) is 9.12. The van der Waals surface area contributed by atoms with Crippen LogP contribution in [0.25, 0.3) is 11.2 Å². The maximum Gasteiger partial charge on any atom is 0.317 e. The molecule has 2 aliphatic carbocycles. The fraction of sp³-hybridized carbons (Fsp3) is 0.600. The first-order chi connectivity index (χ1) is 19.6. The lowest BCUT2D eigenvalue weighted by Crippen LogP contribution is -2.47. The number of fused-ring (bicyclic) bond motifs is 1. The number of hydrogen-bond donors (Lipinski definition) is 4. The molecule has 3 heterocycles. The predicted molar refractivity (Wildman–Crippen MR) is 173 cm³/mol. The number of urea groups is 1. The number of nitrogens with one attached hydrogen (secondary N) is 3. The Hall–Kier alpha value is -2.82. The van der Waals surface area contributed by atoms with Crippen LogP contribution in [0.4, 0.5) is 16.6 Å². The van der Waals surface area contributed by atoms with Gasteiger partial charge in [0.1, 0.15) is 0 Å². The first-order valence-corrected chi connectivity index (χ1v) is 15.2. The van der Waals surface area contributed by atoms with Crippen molar-refractivity contribution in [2.45, 2.75) is 94.8 Å². The molecule has 3 aliphatic rings. The molecule has 1 aliphatic heterocycles. The number of benzene rings is 1. The maximum atomic E-state index is 12.8. The van der Waals surface area contributed by atoms with Crippen LogP contribution in [-0.4, -0.2) is 68.2 Å². The van der Waals surface area contributed by atoms with Gasteiger partial charge < -0.3 is 31.2 Å². The Bertz CT molecular complexity index is 1270. The van der Waals surface area contributed by atoms with Crippen LogP contribution in [0.2, 0.25) is 0 Å². The summed E-state index contributed by atoms with van der Waals surface area (Å²) in [6, 6.07) is 11.6. The number of hydrogen-bond acceptors (Lipinski definition) is 7. The molecule has 3 aromatic rings. The minimum Gasteiger partial charge on any atom is -0.365 e. The van der Waals surface area contributed by atoms with Crippen molar-refractivity contribution in [3.05, 3.63) is 42.2 Å². The summed E-state index contributed by atoms with van der Waals surface area (Å²) in [4.78, 5) is 29.4. The van der Waals surface area contributed by atoms with Crippen LogP contribution in [0.15, 0.2) is 36.7 Å². The summed E-state index contributed by atoms with van der Waals surface area (Å²) in [5.74, 6) is 1.47. The monoisotopic (exact) mass is 617 g/mol. The van der Waals surface area contributed by atoms with E-state index in [0.29, 0.717) is 43.7 Å². The third-order valence-electron chi connectivity index (χ3n) is 8.90. The second-order valence-electron chi connectivity index (χ2n) is 11.8. The van der Waals surface area contributed by atoms with E-state index >= 15 is 0 Å². The highest BCUT2D eigenvalue weighted by Crippen LogP contribution is 2.34. The molecular formula is C30H45Cl2N9O. The van der Waals surface area contributed by atoms with Crippen molar-refractivity contribution in [2.24, 2.45) is 5.73 Å². The largest absolute Gasteiger partial charge is 0.365 e. The van der Waals surface area contributed by atoms with Crippen LogP contribution < -0.4 is 21.7 Å². The van der Waals surface area contributed by atoms with Gasteiger partial charge in [0.15, 0.2) is 17.0 Å². The Morgan fingerprint density at radius 2 is 1.57 bits per heavy atom. The van der Waals surface area contributed by atoms with E-state index in [1.807, 2.05) is 29.4 Å².